The van der Waals surface area contributed by atoms with Crippen LogP contribution in [0, 0.1) is 6.92 Å². The minimum absolute atomic E-state index is 0.217. The molecule has 0 aliphatic carbocycles. The smallest absolute Gasteiger partial charge is 0.277 e. The quantitative estimate of drug-likeness (QED) is 0.348. The van der Waals surface area contributed by atoms with Gasteiger partial charge < -0.3 is 13.7 Å². The van der Waals surface area contributed by atoms with Gasteiger partial charge >= 0.3 is 0 Å². The number of halogens is 1. The minimum atomic E-state index is 0.217. The Labute approximate surface area is 171 Å². The molecule has 4 rings (SSSR count). The lowest BCUT2D eigenvalue weighted by atomic mass is 10.2. The zero-order valence-electron chi connectivity index (χ0n) is 14.1. The van der Waals surface area contributed by atoms with Crippen molar-refractivity contribution in [3.8, 4) is 16.5 Å². The molecule has 0 aliphatic rings. The minimum Gasteiger partial charge on any atom is -0.484 e. The van der Waals surface area contributed by atoms with E-state index in [1.54, 1.807) is 11.3 Å². The first kappa shape index (κ1) is 18.2. The van der Waals surface area contributed by atoms with Gasteiger partial charge in [-0.3, -0.25) is 0 Å². The fraction of sp³-hybridized carbons (Fsp3) is 0.176. The van der Waals surface area contributed by atoms with Crippen LogP contribution in [0.4, 0.5) is 0 Å². The number of rotatable bonds is 7. The predicted octanol–water partition coefficient (Wildman–Crippen LogP) is 5.12. The van der Waals surface area contributed by atoms with Gasteiger partial charge in [0.2, 0.25) is 11.7 Å². The fourth-order valence-electron chi connectivity index (χ4n) is 2.17. The summed E-state index contributed by atoms with van der Waals surface area (Å²) >= 11 is 6.29. The van der Waals surface area contributed by atoms with Crippen molar-refractivity contribution in [2.45, 2.75) is 24.5 Å². The molecule has 3 heterocycles. The highest BCUT2D eigenvalue weighted by Gasteiger charge is 2.13. The highest BCUT2D eigenvalue weighted by Crippen LogP contribution is 2.29. The van der Waals surface area contributed by atoms with Crippen LogP contribution in [-0.4, -0.2) is 20.3 Å². The molecule has 0 aliphatic heterocycles. The molecule has 0 spiro atoms. The number of hydrogen-bond donors (Lipinski definition) is 0. The lowest BCUT2D eigenvalue weighted by Crippen LogP contribution is -1.95. The maximum absolute atomic E-state index is 5.65. The molecule has 4 aromatic rings. The van der Waals surface area contributed by atoms with E-state index < -0.39 is 0 Å². The van der Waals surface area contributed by atoms with Gasteiger partial charge in [-0.1, -0.05) is 29.1 Å². The van der Waals surface area contributed by atoms with Crippen LogP contribution in [-0.2, 0) is 12.4 Å². The number of hydrogen-bond acceptors (Lipinski definition) is 9. The molecule has 3 aromatic heterocycles. The van der Waals surface area contributed by atoms with Gasteiger partial charge in [-0.2, -0.15) is 4.98 Å². The molecule has 0 amide bonds. The molecular formula is C17H13BrN4O3S2. The van der Waals surface area contributed by atoms with Crippen LogP contribution < -0.4 is 4.74 Å². The summed E-state index contributed by atoms with van der Waals surface area (Å²) in [5.41, 5.74) is 1.13. The molecule has 7 nitrogen and oxygen atoms in total. The molecule has 138 valence electrons. The van der Waals surface area contributed by atoms with E-state index in [0.717, 1.165) is 20.7 Å². The Morgan fingerprint density at radius 1 is 1.22 bits per heavy atom. The Morgan fingerprint density at radius 3 is 2.96 bits per heavy atom. The van der Waals surface area contributed by atoms with Gasteiger partial charge in [0.05, 0.1) is 10.6 Å². The Kier molecular flexibility index (Phi) is 5.55. The van der Waals surface area contributed by atoms with Gasteiger partial charge in [0.25, 0.3) is 11.1 Å². The van der Waals surface area contributed by atoms with E-state index in [-0.39, 0.29) is 6.61 Å². The maximum Gasteiger partial charge on any atom is 0.277 e. The summed E-state index contributed by atoms with van der Waals surface area (Å²) in [6.07, 6.45) is 0. The predicted molar refractivity (Wildman–Crippen MR) is 105 cm³/mol. The zero-order valence-corrected chi connectivity index (χ0v) is 17.3. The van der Waals surface area contributed by atoms with Crippen molar-refractivity contribution in [2.24, 2.45) is 0 Å². The van der Waals surface area contributed by atoms with E-state index >= 15 is 0 Å². The third kappa shape index (κ3) is 4.76. The van der Waals surface area contributed by atoms with Crippen LogP contribution >= 0.6 is 39.0 Å². The summed E-state index contributed by atoms with van der Waals surface area (Å²) in [6, 6.07) is 9.73. The Morgan fingerprint density at radius 2 is 2.15 bits per heavy atom. The molecule has 0 radical (unpaired) electrons. The molecule has 10 heteroatoms. The van der Waals surface area contributed by atoms with Gasteiger partial charge in [-0.25, -0.2) is 0 Å². The van der Waals surface area contributed by atoms with E-state index in [2.05, 4.69) is 36.3 Å². The van der Waals surface area contributed by atoms with Crippen LogP contribution in [0.5, 0.6) is 5.75 Å². The van der Waals surface area contributed by atoms with E-state index in [1.807, 2.05) is 42.6 Å². The largest absolute Gasteiger partial charge is 0.484 e. The molecule has 27 heavy (non-hydrogen) atoms. The normalized spacial score (nSPS) is 11.0. The van der Waals surface area contributed by atoms with Crippen molar-refractivity contribution >= 4 is 39.0 Å². The number of nitrogens with zero attached hydrogens (tertiary/aromatic N) is 4. The van der Waals surface area contributed by atoms with Crippen molar-refractivity contribution in [2.75, 3.05) is 0 Å². The summed E-state index contributed by atoms with van der Waals surface area (Å²) in [4.78, 5) is 5.32. The van der Waals surface area contributed by atoms with Gasteiger partial charge in [0.1, 0.15) is 5.75 Å². The van der Waals surface area contributed by atoms with Gasteiger partial charge in [-0.05, 0) is 46.6 Å². The lowest BCUT2D eigenvalue weighted by Gasteiger charge is -2.03. The standard InChI is InChI=1S/C17H13BrN4O3S2/c1-10-3-2-4-12(5-10)23-7-14-20-21-17(24-14)27-9-15-19-16(22-25-15)13-6-11(18)8-26-13/h2-6,8H,7,9H2,1H3. The average Bonchev–Trinajstić information content (AvgIpc) is 3.39. The summed E-state index contributed by atoms with van der Waals surface area (Å²) in [7, 11) is 0. The topological polar surface area (TPSA) is 87.1 Å². The molecule has 0 N–H and O–H groups in total. The van der Waals surface area contributed by atoms with Gasteiger partial charge in [0.15, 0.2) is 6.61 Å². The maximum atomic E-state index is 5.65. The second-order valence-electron chi connectivity index (χ2n) is 5.50. The van der Waals surface area contributed by atoms with Crippen molar-refractivity contribution in [1.82, 2.24) is 20.3 Å². The molecular weight excluding hydrogens is 452 g/mol. The molecule has 0 saturated heterocycles. The van der Waals surface area contributed by atoms with Crippen LogP contribution in [0.3, 0.4) is 0 Å². The number of ether oxygens (including phenoxy) is 1. The van der Waals surface area contributed by atoms with Crippen molar-refractivity contribution < 1.29 is 13.7 Å². The van der Waals surface area contributed by atoms with Gasteiger partial charge in [-0.15, -0.1) is 21.5 Å². The SMILES string of the molecule is Cc1cccc(OCc2nnc(SCc3nc(-c4cc(Br)cs4)no3)o2)c1. The van der Waals surface area contributed by atoms with Crippen molar-refractivity contribution in [3.63, 3.8) is 0 Å². The highest BCUT2D eigenvalue weighted by atomic mass is 79.9. The first-order valence-electron chi connectivity index (χ1n) is 7.87. The van der Waals surface area contributed by atoms with E-state index in [9.17, 15) is 0 Å². The van der Waals surface area contributed by atoms with E-state index in [0.29, 0.717) is 28.6 Å². The van der Waals surface area contributed by atoms with Crippen LogP contribution in [0.1, 0.15) is 17.3 Å². The summed E-state index contributed by atoms with van der Waals surface area (Å²) < 4.78 is 17.5. The van der Waals surface area contributed by atoms with Crippen molar-refractivity contribution in [1.29, 1.82) is 0 Å². The first-order valence-corrected chi connectivity index (χ1v) is 10.5. The zero-order chi connectivity index (χ0) is 18.6. The summed E-state index contributed by atoms with van der Waals surface area (Å²) in [6.45, 7) is 2.23. The Balaban J connectivity index is 1.31. The monoisotopic (exact) mass is 464 g/mol. The van der Waals surface area contributed by atoms with Crippen LogP contribution in [0.15, 0.2) is 54.3 Å². The molecule has 0 unspecified atom stereocenters. The van der Waals surface area contributed by atoms with E-state index in [4.69, 9.17) is 13.7 Å². The third-order valence-electron chi connectivity index (χ3n) is 3.38. The van der Waals surface area contributed by atoms with Crippen LogP contribution in [0.2, 0.25) is 0 Å². The van der Waals surface area contributed by atoms with E-state index in [1.165, 1.54) is 11.8 Å². The molecule has 0 fully saturated rings. The van der Waals surface area contributed by atoms with Crippen LogP contribution in [0.25, 0.3) is 10.7 Å². The fourth-order valence-corrected chi connectivity index (χ4v) is 4.14. The Hall–Kier alpha value is -2.17. The molecule has 0 saturated carbocycles. The van der Waals surface area contributed by atoms with Gasteiger partial charge in [0, 0.05) is 9.85 Å². The summed E-state index contributed by atoms with van der Waals surface area (Å²) in [5.74, 6) is 2.68. The number of aryl methyl sites for hydroxylation is 1. The number of thiophene rings is 1. The number of benzene rings is 1. The summed E-state index contributed by atoms with van der Waals surface area (Å²) in [5, 5.41) is 14.4. The highest BCUT2D eigenvalue weighted by molar-refractivity contribution is 9.10. The third-order valence-corrected chi connectivity index (χ3v) is 5.87. The second-order valence-corrected chi connectivity index (χ2v) is 8.25. The number of aromatic nitrogens is 4. The first-order chi connectivity index (χ1) is 13.2. The number of thioether (sulfide) groups is 1. The second kappa shape index (κ2) is 8.24. The average molecular weight is 465 g/mol. The molecule has 0 atom stereocenters. The molecule has 0 bridgehead atoms. The lowest BCUT2D eigenvalue weighted by molar-refractivity contribution is 0.252. The van der Waals surface area contributed by atoms with Crippen molar-refractivity contribution in [3.05, 3.63) is 57.5 Å². The molecule has 1 aromatic carbocycles. The Bertz CT molecular complexity index is 1050.